The molecule has 0 atom stereocenters. The zero-order valence-corrected chi connectivity index (χ0v) is 18.2. The number of hydrogen-bond donors (Lipinski definition) is 2. The van der Waals surface area contributed by atoms with Gasteiger partial charge < -0.3 is 10.6 Å². The lowest BCUT2D eigenvalue weighted by atomic mass is 10.1. The van der Waals surface area contributed by atoms with E-state index in [9.17, 15) is 4.79 Å². The van der Waals surface area contributed by atoms with Gasteiger partial charge in [0.05, 0.1) is 10.9 Å². The van der Waals surface area contributed by atoms with E-state index in [-0.39, 0.29) is 17.5 Å². The van der Waals surface area contributed by atoms with E-state index >= 15 is 0 Å². The summed E-state index contributed by atoms with van der Waals surface area (Å²) in [6.07, 6.45) is 1.78. The number of hydrogen-bond acceptors (Lipinski definition) is 4. The summed E-state index contributed by atoms with van der Waals surface area (Å²) in [7, 11) is 0. The highest BCUT2D eigenvalue weighted by molar-refractivity contribution is 6.04. The van der Waals surface area contributed by atoms with Gasteiger partial charge in [-0.3, -0.25) is 4.79 Å². The van der Waals surface area contributed by atoms with Crippen LogP contribution in [0.4, 0.5) is 11.5 Å². The Morgan fingerprint density at radius 2 is 1.72 bits per heavy atom. The van der Waals surface area contributed by atoms with Crippen molar-refractivity contribution in [2.75, 3.05) is 5.32 Å². The molecule has 0 saturated heterocycles. The van der Waals surface area contributed by atoms with Gasteiger partial charge in [0.25, 0.3) is 5.91 Å². The van der Waals surface area contributed by atoms with Crippen LogP contribution < -0.4 is 10.6 Å². The molecule has 6 nitrogen and oxygen atoms in total. The molecule has 0 radical (unpaired) electrons. The molecule has 154 valence electrons. The summed E-state index contributed by atoms with van der Waals surface area (Å²) in [4.78, 5) is 17.7. The summed E-state index contributed by atoms with van der Waals surface area (Å²) >= 11 is 0. The fourth-order valence-corrected chi connectivity index (χ4v) is 3.23. The zero-order valence-electron chi connectivity index (χ0n) is 18.2. The Morgan fingerprint density at radius 3 is 2.31 bits per heavy atom. The van der Waals surface area contributed by atoms with Crippen molar-refractivity contribution in [1.82, 2.24) is 20.1 Å². The third-order valence-corrected chi connectivity index (χ3v) is 5.03. The van der Waals surface area contributed by atoms with Crippen molar-refractivity contribution in [3.63, 3.8) is 0 Å². The molecule has 0 unspecified atom stereocenters. The van der Waals surface area contributed by atoms with Gasteiger partial charge in [0, 0.05) is 11.7 Å². The monoisotopic (exact) mass is 393 g/mol. The Bertz CT molecular complexity index is 995. The first-order valence-corrected chi connectivity index (χ1v) is 10.3. The minimum Gasteiger partial charge on any atom is -0.348 e. The van der Waals surface area contributed by atoms with E-state index < -0.39 is 0 Å². The maximum atomic E-state index is 12.9. The highest BCUT2D eigenvalue weighted by atomic mass is 16.2. The van der Waals surface area contributed by atoms with Crippen LogP contribution in [-0.4, -0.2) is 26.7 Å². The first-order chi connectivity index (χ1) is 13.7. The van der Waals surface area contributed by atoms with Crippen molar-refractivity contribution >= 4 is 28.4 Å². The highest BCUT2D eigenvalue weighted by Gasteiger charge is 2.25. The van der Waals surface area contributed by atoms with Crippen LogP contribution >= 0.6 is 0 Å². The Morgan fingerprint density at radius 1 is 1.07 bits per heavy atom. The van der Waals surface area contributed by atoms with Gasteiger partial charge in [-0.2, -0.15) is 5.10 Å². The Labute approximate surface area is 172 Å². The molecule has 0 aliphatic heterocycles. The van der Waals surface area contributed by atoms with Crippen LogP contribution in [0.3, 0.4) is 0 Å². The Kier molecular flexibility index (Phi) is 5.91. The number of nitrogens with one attached hydrogen (secondary N) is 2. The SMILES string of the molecule is CCC(CC)NC(=O)c1nn(C(C)(C)C)c2nc(Nc3ccc(C)cc3)ccc12. The molecule has 2 aromatic heterocycles. The van der Waals surface area contributed by atoms with E-state index in [1.165, 1.54) is 5.56 Å². The number of pyridine rings is 1. The molecule has 6 heteroatoms. The number of rotatable bonds is 6. The number of aryl methyl sites for hydroxylation is 1. The average molecular weight is 394 g/mol. The number of amides is 1. The second kappa shape index (κ2) is 8.23. The molecule has 1 amide bonds. The predicted molar refractivity (Wildman–Crippen MR) is 119 cm³/mol. The van der Waals surface area contributed by atoms with E-state index in [0.29, 0.717) is 11.3 Å². The Hall–Kier alpha value is -2.89. The number of aromatic nitrogens is 3. The average Bonchev–Trinajstić information content (AvgIpc) is 3.07. The van der Waals surface area contributed by atoms with Gasteiger partial charge in [-0.1, -0.05) is 31.5 Å². The number of fused-ring (bicyclic) bond motifs is 1. The van der Waals surface area contributed by atoms with Crippen molar-refractivity contribution in [3.05, 3.63) is 47.7 Å². The largest absolute Gasteiger partial charge is 0.348 e. The summed E-state index contributed by atoms with van der Waals surface area (Å²) in [5.74, 6) is 0.575. The van der Waals surface area contributed by atoms with Crippen molar-refractivity contribution in [2.45, 2.75) is 66.0 Å². The second-order valence-corrected chi connectivity index (χ2v) is 8.48. The van der Waals surface area contributed by atoms with Crippen molar-refractivity contribution in [2.24, 2.45) is 0 Å². The van der Waals surface area contributed by atoms with E-state index in [4.69, 9.17) is 4.98 Å². The number of nitrogens with zero attached hydrogens (tertiary/aromatic N) is 3. The summed E-state index contributed by atoms with van der Waals surface area (Å²) < 4.78 is 1.84. The third-order valence-electron chi connectivity index (χ3n) is 5.03. The first-order valence-electron chi connectivity index (χ1n) is 10.3. The molecule has 0 fully saturated rings. The molecule has 3 rings (SSSR count). The highest BCUT2D eigenvalue weighted by Crippen LogP contribution is 2.26. The number of benzene rings is 1. The van der Waals surface area contributed by atoms with E-state index in [0.717, 1.165) is 29.7 Å². The van der Waals surface area contributed by atoms with Gasteiger partial charge in [-0.05, 0) is 64.8 Å². The molecule has 3 aromatic rings. The van der Waals surface area contributed by atoms with Gasteiger partial charge in [0.1, 0.15) is 5.82 Å². The van der Waals surface area contributed by atoms with E-state index in [1.807, 2.05) is 28.9 Å². The van der Waals surface area contributed by atoms with Crippen LogP contribution in [0, 0.1) is 6.92 Å². The lowest BCUT2D eigenvalue weighted by Gasteiger charge is -2.20. The molecule has 0 aliphatic carbocycles. The van der Waals surface area contributed by atoms with Crippen LogP contribution in [0.5, 0.6) is 0 Å². The van der Waals surface area contributed by atoms with E-state index in [1.54, 1.807) is 0 Å². The minimum atomic E-state index is -0.304. The molecule has 1 aromatic carbocycles. The van der Waals surface area contributed by atoms with Crippen molar-refractivity contribution in [3.8, 4) is 0 Å². The summed E-state index contributed by atoms with van der Waals surface area (Å²) in [5, 5.41) is 11.8. The maximum absolute atomic E-state index is 12.9. The third kappa shape index (κ3) is 4.58. The second-order valence-electron chi connectivity index (χ2n) is 8.48. The molecule has 0 aliphatic rings. The minimum absolute atomic E-state index is 0.146. The fraction of sp³-hybridized carbons (Fsp3) is 0.435. The molecule has 0 saturated carbocycles. The van der Waals surface area contributed by atoms with Crippen molar-refractivity contribution < 1.29 is 4.79 Å². The van der Waals surface area contributed by atoms with Crippen LogP contribution in [0.1, 0.15) is 63.5 Å². The quantitative estimate of drug-likeness (QED) is 0.607. The molecule has 2 N–H and O–H groups in total. The van der Waals surface area contributed by atoms with Gasteiger partial charge in [0.15, 0.2) is 11.3 Å². The van der Waals surface area contributed by atoms with Gasteiger partial charge in [-0.25, -0.2) is 9.67 Å². The first kappa shape index (κ1) is 20.8. The Balaban J connectivity index is 2.02. The summed E-state index contributed by atoms with van der Waals surface area (Å²) in [6.45, 7) is 12.4. The number of anilines is 2. The predicted octanol–water partition coefficient (Wildman–Crippen LogP) is 5.16. The maximum Gasteiger partial charge on any atom is 0.272 e. The standard InChI is InChI=1S/C23H31N5O/c1-7-16(8-2)25-22(29)20-18-13-14-19(24-17-11-9-15(3)10-12-17)26-21(18)28(27-20)23(4,5)6/h9-14,16H,7-8H2,1-6H3,(H,24,26)(H,25,29). The molecular weight excluding hydrogens is 362 g/mol. The lowest BCUT2D eigenvalue weighted by molar-refractivity contribution is 0.0929. The molecule has 0 bridgehead atoms. The molecule has 29 heavy (non-hydrogen) atoms. The lowest BCUT2D eigenvalue weighted by Crippen LogP contribution is -2.34. The van der Waals surface area contributed by atoms with Crippen LogP contribution in [0.2, 0.25) is 0 Å². The topological polar surface area (TPSA) is 71.8 Å². The van der Waals surface area contributed by atoms with Gasteiger partial charge in [-0.15, -0.1) is 0 Å². The van der Waals surface area contributed by atoms with Gasteiger partial charge in [0.2, 0.25) is 0 Å². The number of carbonyl (C=O) groups excluding carboxylic acids is 1. The van der Waals surface area contributed by atoms with Crippen LogP contribution in [-0.2, 0) is 5.54 Å². The summed E-state index contributed by atoms with van der Waals surface area (Å²) in [6, 6.07) is 12.1. The normalized spacial score (nSPS) is 11.8. The van der Waals surface area contributed by atoms with Gasteiger partial charge >= 0.3 is 0 Å². The van der Waals surface area contributed by atoms with Crippen LogP contribution in [0.15, 0.2) is 36.4 Å². The molecule has 0 spiro atoms. The van der Waals surface area contributed by atoms with Crippen LogP contribution in [0.25, 0.3) is 11.0 Å². The fourth-order valence-electron chi connectivity index (χ4n) is 3.23. The zero-order chi connectivity index (χ0) is 21.2. The molecular formula is C23H31N5O. The molecule has 2 heterocycles. The smallest absolute Gasteiger partial charge is 0.272 e. The number of carbonyl (C=O) groups is 1. The van der Waals surface area contributed by atoms with Crippen molar-refractivity contribution in [1.29, 1.82) is 0 Å². The van der Waals surface area contributed by atoms with E-state index in [2.05, 4.69) is 69.4 Å². The summed E-state index contributed by atoms with van der Waals surface area (Å²) in [5.41, 5.74) is 3.00.